The van der Waals surface area contributed by atoms with Crippen molar-refractivity contribution >= 4 is 23.8 Å². The van der Waals surface area contributed by atoms with Gasteiger partial charge in [0.2, 0.25) is 5.96 Å². The van der Waals surface area contributed by atoms with Crippen LogP contribution in [0.25, 0.3) is 11.3 Å². The molecular weight excluding hydrogens is 396 g/mol. The molecule has 0 fully saturated rings. The Kier molecular flexibility index (Phi) is 7.05. The standard InChI is InChI=1S/C23H30N4O4/c1-15-11-12-25-18(13-15)16-9-8-10-17(14-16)27(21(29)31-23(5,6)7)19(24)26-20(28)30-22(2,3)4/h8-14H,1-7H3,(H2,24,26,28). The lowest BCUT2D eigenvalue weighted by Crippen LogP contribution is -2.49. The van der Waals surface area contributed by atoms with Gasteiger partial charge in [0.05, 0.1) is 11.4 Å². The Labute approximate surface area is 183 Å². The zero-order valence-electron chi connectivity index (χ0n) is 19.1. The zero-order chi connectivity index (χ0) is 23.4. The van der Waals surface area contributed by atoms with Gasteiger partial charge in [0.25, 0.3) is 0 Å². The van der Waals surface area contributed by atoms with E-state index >= 15 is 0 Å². The Morgan fingerprint density at radius 2 is 1.65 bits per heavy atom. The van der Waals surface area contributed by atoms with Gasteiger partial charge in [-0.15, -0.1) is 0 Å². The summed E-state index contributed by atoms with van der Waals surface area (Å²) in [6, 6.07) is 10.8. The quantitative estimate of drug-likeness (QED) is 0.503. The van der Waals surface area contributed by atoms with Gasteiger partial charge in [0.15, 0.2) is 0 Å². The van der Waals surface area contributed by atoms with Gasteiger partial charge in [-0.05, 0) is 78.3 Å². The number of alkyl carbamates (subject to hydrolysis) is 1. The van der Waals surface area contributed by atoms with E-state index in [1.807, 2.05) is 25.1 Å². The van der Waals surface area contributed by atoms with Crippen LogP contribution in [0.4, 0.5) is 15.3 Å². The molecule has 31 heavy (non-hydrogen) atoms. The molecule has 2 amide bonds. The van der Waals surface area contributed by atoms with Gasteiger partial charge in [0.1, 0.15) is 11.2 Å². The summed E-state index contributed by atoms with van der Waals surface area (Å²) < 4.78 is 10.7. The van der Waals surface area contributed by atoms with E-state index < -0.39 is 29.3 Å². The van der Waals surface area contributed by atoms with Crippen LogP contribution in [0.5, 0.6) is 0 Å². The Balaban J connectivity index is 2.41. The molecule has 1 aromatic heterocycles. The summed E-state index contributed by atoms with van der Waals surface area (Å²) >= 11 is 0. The number of aryl methyl sites for hydroxylation is 1. The second-order valence-corrected chi connectivity index (χ2v) is 9.06. The molecule has 166 valence electrons. The third-order valence-corrected chi connectivity index (χ3v) is 3.73. The van der Waals surface area contributed by atoms with Crippen molar-refractivity contribution in [1.29, 1.82) is 5.41 Å². The summed E-state index contributed by atoms with van der Waals surface area (Å²) in [6.07, 6.45) is 0.0557. The number of amides is 2. The van der Waals surface area contributed by atoms with Gasteiger partial charge in [-0.1, -0.05) is 12.1 Å². The Bertz CT molecular complexity index is 974. The van der Waals surface area contributed by atoms with E-state index in [2.05, 4.69) is 10.3 Å². The van der Waals surface area contributed by atoms with Crippen molar-refractivity contribution in [3.63, 3.8) is 0 Å². The highest BCUT2D eigenvalue weighted by Crippen LogP contribution is 2.25. The minimum absolute atomic E-state index is 0.344. The monoisotopic (exact) mass is 426 g/mol. The minimum Gasteiger partial charge on any atom is -0.444 e. The molecule has 2 aromatic rings. The second kappa shape index (κ2) is 9.16. The molecular formula is C23H30N4O4. The molecule has 2 rings (SSSR count). The Morgan fingerprint density at radius 1 is 1.00 bits per heavy atom. The highest BCUT2D eigenvalue weighted by molar-refractivity contribution is 6.16. The van der Waals surface area contributed by atoms with Crippen LogP contribution >= 0.6 is 0 Å². The maximum absolute atomic E-state index is 12.9. The summed E-state index contributed by atoms with van der Waals surface area (Å²) in [5, 5.41) is 10.7. The van der Waals surface area contributed by atoms with Gasteiger partial charge in [0, 0.05) is 11.8 Å². The number of ether oxygens (including phenoxy) is 2. The average molecular weight is 427 g/mol. The smallest absolute Gasteiger partial charge is 0.421 e. The number of nitrogens with one attached hydrogen (secondary N) is 2. The fourth-order valence-corrected chi connectivity index (χ4v) is 2.59. The van der Waals surface area contributed by atoms with Crippen molar-refractivity contribution in [2.24, 2.45) is 0 Å². The van der Waals surface area contributed by atoms with Crippen LogP contribution in [0, 0.1) is 12.3 Å². The van der Waals surface area contributed by atoms with Crippen molar-refractivity contribution in [2.45, 2.75) is 59.7 Å². The number of hydrogen-bond acceptors (Lipinski definition) is 6. The number of rotatable bonds is 2. The van der Waals surface area contributed by atoms with Gasteiger partial charge in [-0.2, -0.15) is 0 Å². The van der Waals surface area contributed by atoms with E-state index in [-0.39, 0.29) is 0 Å². The maximum Gasteiger partial charge on any atom is 0.421 e. The number of carbonyl (C=O) groups is 2. The molecule has 0 spiro atoms. The first-order valence-corrected chi connectivity index (χ1v) is 9.90. The van der Waals surface area contributed by atoms with Gasteiger partial charge in [-0.3, -0.25) is 15.7 Å². The number of benzene rings is 1. The number of hydrogen-bond donors (Lipinski definition) is 2. The third-order valence-electron chi connectivity index (χ3n) is 3.73. The lowest BCUT2D eigenvalue weighted by Gasteiger charge is -2.28. The molecule has 0 aliphatic carbocycles. The van der Waals surface area contributed by atoms with E-state index in [9.17, 15) is 9.59 Å². The molecule has 8 heteroatoms. The van der Waals surface area contributed by atoms with E-state index in [1.54, 1.807) is 65.9 Å². The van der Waals surface area contributed by atoms with Crippen LogP contribution in [-0.2, 0) is 9.47 Å². The highest BCUT2D eigenvalue weighted by atomic mass is 16.6. The summed E-state index contributed by atoms with van der Waals surface area (Å²) in [4.78, 5) is 30.5. The van der Waals surface area contributed by atoms with Crippen LogP contribution in [0.15, 0.2) is 42.6 Å². The lowest BCUT2D eigenvalue weighted by atomic mass is 10.1. The molecule has 0 unspecified atom stereocenters. The molecule has 0 bridgehead atoms. The van der Waals surface area contributed by atoms with Crippen molar-refractivity contribution in [2.75, 3.05) is 4.90 Å². The molecule has 0 saturated carbocycles. The number of carbonyl (C=O) groups excluding carboxylic acids is 2. The molecule has 0 saturated heterocycles. The van der Waals surface area contributed by atoms with Gasteiger partial charge >= 0.3 is 12.2 Å². The number of nitrogens with zero attached hydrogens (tertiary/aromatic N) is 2. The van der Waals surface area contributed by atoms with Crippen molar-refractivity contribution < 1.29 is 19.1 Å². The Hall–Kier alpha value is -3.42. The fourth-order valence-electron chi connectivity index (χ4n) is 2.59. The van der Waals surface area contributed by atoms with Crippen LogP contribution < -0.4 is 10.2 Å². The molecule has 1 heterocycles. The Morgan fingerprint density at radius 3 is 2.23 bits per heavy atom. The van der Waals surface area contributed by atoms with Crippen LogP contribution in [0.1, 0.15) is 47.1 Å². The second-order valence-electron chi connectivity index (χ2n) is 9.06. The maximum atomic E-state index is 12.9. The molecule has 0 atom stereocenters. The van der Waals surface area contributed by atoms with Crippen LogP contribution in [0.2, 0.25) is 0 Å². The first kappa shape index (κ1) is 23.9. The predicted octanol–water partition coefficient (Wildman–Crippen LogP) is 5.26. The molecule has 8 nitrogen and oxygen atoms in total. The van der Waals surface area contributed by atoms with E-state index in [0.29, 0.717) is 5.69 Å². The molecule has 0 aliphatic rings. The van der Waals surface area contributed by atoms with Crippen LogP contribution in [-0.4, -0.2) is 34.3 Å². The van der Waals surface area contributed by atoms with Crippen molar-refractivity contribution in [3.05, 3.63) is 48.2 Å². The SMILES string of the molecule is Cc1ccnc(-c2cccc(N(C(=N)NC(=O)OC(C)(C)C)C(=O)OC(C)(C)C)c2)c1. The molecule has 1 aromatic carbocycles. The van der Waals surface area contributed by atoms with Gasteiger partial charge < -0.3 is 9.47 Å². The fraction of sp³-hybridized carbons (Fsp3) is 0.391. The lowest BCUT2D eigenvalue weighted by molar-refractivity contribution is 0.0559. The van der Waals surface area contributed by atoms with Crippen molar-refractivity contribution in [1.82, 2.24) is 10.3 Å². The third kappa shape index (κ3) is 7.40. The first-order valence-electron chi connectivity index (χ1n) is 9.90. The highest BCUT2D eigenvalue weighted by Gasteiger charge is 2.29. The normalized spacial score (nSPS) is 11.5. The van der Waals surface area contributed by atoms with Crippen molar-refractivity contribution in [3.8, 4) is 11.3 Å². The largest absolute Gasteiger partial charge is 0.444 e. The summed E-state index contributed by atoms with van der Waals surface area (Å²) in [6.45, 7) is 12.3. The molecule has 2 N–H and O–H groups in total. The topological polar surface area (TPSA) is 105 Å². The number of aromatic nitrogens is 1. The molecule has 0 radical (unpaired) electrons. The number of pyridine rings is 1. The summed E-state index contributed by atoms with van der Waals surface area (Å²) in [5.41, 5.74) is 1.31. The average Bonchev–Trinajstić information content (AvgIpc) is 2.58. The van der Waals surface area contributed by atoms with E-state index in [4.69, 9.17) is 14.9 Å². The number of guanidine groups is 1. The van der Waals surface area contributed by atoms with E-state index in [0.717, 1.165) is 21.7 Å². The summed E-state index contributed by atoms with van der Waals surface area (Å²) in [5.74, 6) is -0.488. The van der Waals surface area contributed by atoms with Crippen LogP contribution in [0.3, 0.4) is 0 Å². The minimum atomic E-state index is -0.845. The number of anilines is 1. The molecule has 0 aliphatic heterocycles. The van der Waals surface area contributed by atoms with Gasteiger partial charge in [-0.25, -0.2) is 14.5 Å². The van der Waals surface area contributed by atoms with E-state index in [1.165, 1.54) is 0 Å². The zero-order valence-corrected chi connectivity index (χ0v) is 19.1. The first-order chi connectivity index (χ1) is 14.2. The summed E-state index contributed by atoms with van der Waals surface area (Å²) in [7, 11) is 0. The predicted molar refractivity (Wildman–Crippen MR) is 120 cm³/mol.